The molecule has 1 nitrogen and oxygen atoms in total. The lowest BCUT2D eigenvalue weighted by Gasteiger charge is -2.44. The Morgan fingerprint density at radius 1 is 0.348 bits per heavy atom. The van der Waals surface area contributed by atoms with Crippen molar-refractivity contribution in [2.24, 2.45) is 0 Å². The monoisotopic (exact) mass is 657 g/mol. The van der Waals surface area contributed by atoms with Crippen molar-refractivity contribution in [3.63, 3.8) is 0 Å². The van der Waals surface area contributed by atoms with Crippen molar-refractivity contribution in [1.82, 2.24) is 0 Å². The van der Waals surface area contributed by atoms with Crippen LogP contribution in [0.4, 0.5) is 58.4 Å². The smallest absolute Gasteiger partial charge is 0.191 e. The maximum Gasteiger partial charge on any atom is 0.191 e. The Kier molecular flexibility index (Phi) is 9.90. The number of quaternary nitrogens is 1. The number of nitrogens with one attached hydrogen (secondary N) is 1. The van der Waals surface area contributed by atoms with Crippen molar-refractivity contribution in [3.05, 3.63) is 149 Å². The van der Waals surface area contributed by atoms with Crippen LogP contribution in [0, 0.1) is 69.8 Å². The van der Waals surface area contributed by atoms with E-state index >= 15 is 17.6 Å². The summed E-state index contributed by atoms with van der Waals surface area (Å²) in [6, 6.07) is 12.4. The largest absolute Gasteiger partial charge is 0.307 e. The van der Waals surface area contributed by atoms with Crippen LogP contribution in [-0.4, -0.2) is 20.2 Å². The van der Waals surface area contributed by atoms with Gasteiger partial charge in [-0.25, -0.2) is 52.7 Å². The van der Waals surface area contributed by atoms with E-state index in [0.29, 0.717) is 24.3 Å². The second kappa shape index (κ2) is 13.3. The van der Waals surface area contributed by atoms with Crippen LogP contribution in [0.1, 0.15) is 0 Å². The highest BCUT2D eigenvalue weighted by molar-refractivity contribution is 7.20. The first kappa shape index (κ1) is 34.2. The van der Waals surface area contributed by atoms with Gasteiger partial charge in [-0.05, 0) is 36.4 Å². The summed E-state index contributed by atoms with van der Waals surface area (Å²) in [5.74, 6) is -25.8. The lowest BCUT2D eigenvalue weighted by atomic mass is 9.12. The minimum absolute atomic E-state index is 0.192. The Bertz CT molecular complexity index is 1680. The van der Waals surface area contributed by atoms with Gasteiger partial charge in [-0.2, -0.15) is 21.9 Å². The first-order valence-corrected chi connectivity index (χ1v) is 13.2. The van der Waals surface area contributed by atoms with Gasteiger partial charge in [0.1, 0.15) is 35.1 Å². The van der Waals surface area contributed by atoms with Gasteiger partial charge < -0.3 is 4.90 Å². The Hall–Kier alpha value is -4.72. The van der Waals surface area contributed by atoms with Crippen LogP contribution in [0.5, 0.6) is 0 Å². The van der Waals surface area contributed by atoms with Crippen molar-refractivity contribution >= 4 is 33.7 Å². The van der Waals surface area contributed by atoms with Crippen LogP contribution in [-0.2, 0) is 0 Å². The predicted molar refractivity (Wildman–Crippen MR) is 148 cm³/mol. The maximum atomic E-state index is 15.3. The lowest BCUT2D eigenvalue weighted by molar-refractivity contribution is -0.786. The molecular weight excluding hydrogens is 637 g/mol. The fraction of sp³-hybridized carbons (Fsp3) is 0.0625. The highest BCUT2D eigenvalue weighted by Crippen LogP contribution is 2.23. The van der Waals surface area contributed by atoms with Crippen molar-refractivity contribution in [1.29, 1.82) is 0 Å². The lowest BCUT2D eigenvalue weighted by Crippen LogP contribution is -3.00. The molecule has 46 heavy (non-hydrogen) atoms. The molecule has 0 saturated heterocycles. The van der Waals surface area contributed by atoms with E-state index < -0.39 is 97.8 Å². The first-order valence-electron chi connectivity index (χ1n) is 13.2. The zero-order valence-corrected chi connectivity index (χ0v) is 23.6. The molecule has 240 valence electrons. The van der Waals surface area contributed by atoms with Crippen LogP contribution >= 0.6 is 0 Å². The highest BCUT2D eigenvalue weighted by Gasteiger charge is 2.43. The second-order valence-corrected chi connectivity index (χ2v) is 10.3. The van der Waals surface area contributed by atoms with Crippen LogP contribution in [0.2, 0.25) is 0 Å². The van der Waals surface area contributed by atoms with Gasteiger partial charge in [0.25, 0.3) is 0 Å². The Balaban J connectivity index is 0.000000459. The quantitative estimate of drug-likeness (QED) is 0.151. The van der Waals surface area contributed by atoms with E-state index in [0.717, 1.165) is 0 Å². The van der Waals surface area contributed by atoms with E-state index in [4.69, 9.17) is 0 Å². The predicted octanol–water partition coefficient (Wildman–Crippen LogP) is 5.20. The van der Waals surface area contributed by atoms with Crippen molar-refractivity contribution in [3.8, 4) is 0 Å². The molecule has 0 bridgehead atoms. The SMILES string of the molecule is C[NH+](C)c1ccccc1.Fc1ccc([B-](c2ccc(F)c(F)c2F)(c2ccc(F)c(F)c2F)c2ccc(F)c(F)c2F)c(F)c1F. The summed E-state index contributed by atoms with van der Waals surface area (Å²) >= 11 is 0. The third-order valence-electron chi connectivity index (χ3n) is 7.48. The number of benzene rings is 5. The third kappa shape index (κ3) is 5.84. The molecule has 0 atom stereocenters. The summed E-state index contributed by atoms with van der Waals surface area (Å²) in [6.45, 7) is 0. The number of hydrogen-bond acceptors (Lipinski definition) is 0. The van der Waals surface area contributed by atoms with Crippen LogP contribution in [0.3, 0.4) is 0 Å². The molecule has 5 rings (SSSR count). The van der Waals surface area contributed by atoms with Gasteiger partial charge in [0.15, 0.2) is 46.5 Å². The Morgan fingerprint density at radius 3 is 0.826 bits per heavy atom. The van der Waals surface area contributed by atoms with E-state index in [2.05, 4.69) is 38.4 Å². The molecular formula is C32H20BF12N. The average molecular weight is 657 g/mol. The molecule has 0 unspecified atom stereocenters. The molecule has 0 saturated carbocycles. The van der Waals surface area contributed by atoms with Crippen LogP contribution in [0.25, 0.3) is 0 Å². The van der Waals surface area contributed by atoms with Crippen molar-refractivity contribution in [2.45, 2.75) is 0 Å². The van der Waals surface area contributed by atoms with Crippen LogP contribution < -0.4 is 26.8 Å². The first-order chi connectivity index (χ1) is 21.7. The minimum Gasteiger partial charge on any atom is -0.307 e. The number of para-hydroxylation sites is 1. The van der Waals surface area contributed by atoms with Gasteiger partial charge in [0.2, 0.25) is 0 Å². The third-order valence-corrected chi connectivity index (χ3v) is 7.48. The molecule has 14 heteroatoms. The summed E-state index contributed by atoms with van der Waals surface area (Å²) < 4.78 is 174. The number of hydrogen-bond donors (Lipinski definition) is 1. The summed E-state index contributed by atoms with van der Waals surface area (Å²) in [5.41, 5.74) is -4.34. The normalized spacial score (nSPS) is 11.5. The molecule has 5 aromatic rings. The topological polar surface area (TPSA) is 4.44 Å². The molecule has 0 aliphatic carbocycles. The van der Waals surface area contributed by atoms with E-state index in [1.807, 2.05) is 6.07 Å². The average Bonchev–Trinajstić information content (AvgIpc) is 3.04. The Labute approximate surface area is 254 Å². The molecule has 0 aliphatic rings. The molecule has 0 amide bonds. The standard InChI is InChI=1S/C24H8BF12.C8H11N/c26-13-5-1-9(17(30)21(13)34)25(10-2-6-14(27)22(35)18(10)31,11-3-7-15(28)23(36)19(11)32)12-4-8-16(29)24(37)20(12)33;1-9(2)8-6-4-3-5-7-8/h1-8H;3-7H,1-2H3/q-1;/p+1. The van der Waals surface area contributed by atoms with Gasteiger partial charge in [-0.15, -0.1) is 0 Å². The zero-order valence-electron chi connectivity index (χ0n) is 23.6. The van der Waals surface area contributed by atoms with E-state index in [1.54, 1.807) is 0 Å². The fourth-order valence-electron chi connectivity index (χ4n) is 5.28. The van der Waals surface area contributed by atoms with Gasteiger partial charge in [-0.1, -0.05) is 42.5 Å². The number of rotatable bonds is 5. The molecule has 0 fully saturated rings. The van der Waals surface area contributed by atoms with Gasteiger partial charge >= 0.3 is 0 Å². The Morgan fingerprint density at radius 2 is 0.609 bits per heavy atom. The van der Waals surface area contributed by atoms with E-state index in [1.165, 1.54) is 10.6 Å². The molecule has 0 spiro atoms. The molecule has 0 radical (unpaired) electrons. The summed E-state index contributed by atoms with van der Waals surface area (Å²) in [6.07, 6.45) is -4.58. The molecule has 0 aromatic heterocycles. The molecule has 0 heterocycles. The maximum absolute atomic E-state index is 15.3. The fourth-order valence-corrected chi connectivity index (χ4v) is 5.28. The van der Waals surface area contributed by atoms with Gasteiger partial charge in [0, 0.05) is 0 Å². The van der Waals surface area contributed by atoms with E-state index in [-0.39, 0.29) is 24.3 Å². The minimum atomic E-state index is -4.58. The number of halogens is 12. The summed E-state index contributed by atoms with van der Waals surface area (Å²) in [5, 5.41) is 0. The zero-order chi connectivity index (χ0) is 34.1. The summed E-state index contributed by atoms with van der Waals surface area (Å²) in [7, 11) is 4.24. The molecule has 1 N–H and O–H groups in total. The van der Waals surface area contributed by atoms with Crippen molar-refractivity contribution < 1.29 is 57.6 Å². The highest BCUT2D eigenvalue weighted by atomic mass is 19.2. The van der Waals surface area contributed by atoms with E-state index in [9.17, 15) is 35.1 Å². The van der Waals surface area contributed by atoms with Gasteiger partial charge in [0.05, 0.1) is 14.1 Å². The molecule has 5 aromatic carbocycles. The van der Waals surface area contributed by atoms with Crippen molar-refractivity contribution in [2.75, 3.05) is 14.1 Å². The summed E-state index contributed by atoms with van der Waals surface area (Å²) in [4.78, 5) is 1.37. The van der Waals surface area contributed by atoms with Gasteiger partial charge in [-0.3, -0.25) is 0 Å². The second-order valence-electron chi connectivity index (χ2n) is 10.3. The molecule has 0 aliphatic heterocycles. The van der Waals surface area contributed by atoms with Crippen LogP contribution in [0.15, 0.2) is 78.9 Å².